The van der Waals surface area contributed by atoms with Crippen LogP contribution in [-0.4, -0.2) is 12.5 Å². The molecule has 3 atom stereocenters. The smallest absolute Gasteiger partial charge is 0.263 e. The third kappa shape index (κ3) is 1.15. The van der Waals surface area contributed by atoms with E-state index in [-0.39, 0.29) is 5.92 Å². The summed E-state index contributed by atoms with van der Waals surface area (Å²) in [5.41, 5.74) is 5.07. The highest BCUT2D eigenvalue weighted by atomic mass is 19.3. The van der Waals surface area contributed by atoms with Crippen LogP contribution in [-0.2, 0) is 0 Å². The number of halogens is 2. The molecule has 12 heavy (non-hydrogen) atoms. The van der Waals surface area contributed by atoms with Crippen LogP contribution >= 0.6 is 0 Å². The molecule has 0 aromatic carbocycles. The molecule has 0 heterocycles. The SMILES string of the molecule is NCC(F)(F)C1CC2CCC1C2. The van der Waals surface area contributed by atoms with Gasteiger partial charge >= 0.3 is 0 Å². The second-order valence-electron chi connectivity index (χ2n) is 4.25. The van der Waals surface area contributed by atoms with E-state index in [9.17, 15) is 8.78 Å². The van der Waals surface area contributed by atoms with Gasteiger partial charge in [0.2, 0.25) is 0 Å². The van der Waals surface area contributed by atoms with Crippen molar-refractivity contribution < 1.29 is 8.78 Å². The third-order valence-electron chi connectivity index (χ3n) is 3.55. The van der Waals surface area contributed by atoms with Crippen molar-refractivity contribution in [1.82, 2.24) is 0 Å². The molecular weight excluding hydrogens is 160 g/mol. The fourth-order valence-corrected chi connectivity index (χ4v) is 2.91. The first-order valence-corrected chi connectivity index (χ1v) is 4.71. The largest absolute Gasteiger partial charge is 0.325 e. The maximum atomic E-state index is 13.2. The summed E-state index contributed by atoms with van der Waals surface area (Å²) in [4.78, 5) is 0. The van der Waals surface area contributed by atoms with Gasteiger partial charge < -0.3 is 5.73 Å². The fraction of sp³-hybridized carbons (Fsp3) is 1.00. The Bertz CT molecular complexity index is 181. The van der Waals surface area contributed by atoms with Crippen molar-refractivity contribution in [3.63, 3.8) is 0 Å². The molecule has 0 aromatic heterocycles. The van der Waals surface area contributed by atoms with E-state index >= 15 is 0 Å². The quantitative estimate of drug-likeness (QED) is 0.682. The molecule has 2 aliphatic rings. The molecule has 70 valence electrons. The van der Waals surface area contributed by atoms with Crippen LogP contribution in [0.2, 0.25) is 0 Å². The van der Waals surface area contributed by atoms with E-state index in [1.54, 1.807) is 0 Å². The minimum absolute atomic E-state index is 0.272. The zero-order chi connectivity index (χ0) is 8.77. The number of hydrogen-bond donors (Lipinski definition) is 1. The number of alkyl halides is 2. The Kier molecular flexibility index (Phi) is 1.86. The maximum Gasteiger partial charge on any atom is 0.263 e. The Hall–Kier alpha value is -0.180. The normalized spacial score (nSPS) is 40.8. The van der Waals surface area contributed by atoms with Gasteiger partial charge in [0.1, 0.15) is 0 Å². The molecule has 0 saturated heterocycles. The van der Waals surface area contributed by atoms with E-state index < -0.39 is 18.4 Å². The second kappa shape index (κ2) is 2.66. The van der Waals surface area contributed by atoms with Gasteiger partial charge in [-0.2, -0.15) is 0 Å². The van der Waals surface area contributed by atoms with Gasteiger partial charge in [-0.1, -0.05) is 6.42 Å². The minimum Gasteiger partial charge on any atom is -0.325 e. The highest BCUT2D eigenvalue weighted by Gasteiger charge is 2.51. The van der Waals surface area contributed by atoms with Gasteiger partial charge in [0, 0.05) is 5.92 Å². The van der Waals surface area contributed by atoms with E-state index in [1.165, 1.54) is 6.42 Å². The molecular formula is C9H15F2N. The molecule has 2 rings (SSSR count). The summed E-state index contributed by atoms with van der Waals surface area (Å²) in [7, 11) is 0. The molecule has 2 N–H and O–H groups in total. The van der Waals surface area contributed by atoms with Gasteiger partial charge in [0.25, 0.3) is 5.92 Å². The summed E-state index contributed by atoms with van der Waals surface area (Å²) in [5, 5.41) is 0. The summed E-state index contributed by atoms with van der Waals surface area (Å²) in [6, 6.07) is 0. The Morgan fingerprint density at radius 2 is 2.00 bits per heavy atom. The highest BCUT2D eigenvalue weighted by Crippen LogP contribution is 2.53. The van der Waals surface area contributed by atoms with E-state index in [2.05, 4.69) is 0 Å². The predicted octanol–water partition coefficient (Wildman–Crippen LogP) is 2.02. The lowest BCUT2D eigenvalue weighted by Gasteiger charge is -2.29. The van der Waals surface area contributed by atoms with Crippen molar-refractivity contribution in [3.05, 3.63) is 0 Å². The van der Waals surface area contributed by atoms with E-state index in [1.807, 2.05) is 0 Å². The molecule has 2 fully saturated rings. The molecule has 0 amide bonds. The average molecular weight is 175 g/mol. The highest BCUT2D eigenvalue weighted by molar-refractivity contribution is 4.96. The Labute approximate surface area is 71.3 Å². The summed E-state index contributed by atoms with van der Waals surface area (Å²) >= 11 is 0. The summed E-state index contributed by atoms with van der Waals surface area (Å²) < 4.78 is 26.4. The van der Waals surface area contributed by atoms with Crippen LogP contribution in [0.1, 0.15) is 25.7 Å². The van der Waals surface area contributed by atoms with Crippen molar-refractivity contribution in [2.45, 2.75) is 31.6 Å². The van der Waals surface area contributed by atoms with Gasteiger partial charge in [0.05, 0.1) is 6.54 Å². The summed E-state index contributed by atoms with van der Waals surface area (Å²) in [5.74, 6) is -2.15. The van der Waals surface area contributed by atoms with Crippen LogP contribution < -0.4 is 5.73 Å². The van der Waals surface area contributed by atoms with Crippen molar-refractivity contribution >= 4 is 0 Å². The first-order valence-electron chi connectivity index (χ1n) is 4.71. The molecule has 3 unspecified atom stereocenters. The zero-order valence-corrected chi connectivity index (χ0v) is 7.10. The first kappa shape index (κ1) is 8.42. The van der Waals surface area contributed by atoms with Gasteiger partial charge in [-0.3, -0.25) is 0 Å². The lowest BCUT2D eigenvalue weighted by atomic mass is 9.84. The van der Waals surface area contributed by atoms with Gasteiger partial charge in [-0.05, 0) is 31.1 Å². The van der Waals surface area contributed by atoms with E-state index in [0.29, 0.717) is 5.92 Å². The molecule has 0 aromatic rings. The van der Waals surface area contributed by atoms with Crippen molar-refractivity contribution in [3.8, 4) is 0 Å². The maximum absolute atomic E-state index is 13.2. The molecule has 3 heteroatoms. The number of rotatable bonds is 2. The van der Waals surface area contributed by atoms with Crippen LogP contribution in [0, 0.1) is 17.8 Å². The molecule has 2 aliphatic carbocycles. The standard InChI is InChI=1S/C9H15F2N/c10-9(11,5-12)8-4-6-1-2-7(8)3-6/h6-8H,1-5,12H2. The van der Waals surface area contributed by atoms with Crippen LogP contribution in [0.4, 0.5) is 8.78 Å². The lowest BCUT2D eigenvalue weighted by molar-refractivity contribution is -0.0689. The van der Waals surface area contributed by atoms with Crippen molar-refractivity contribution in [2.75, 3.05) is 6.54 Å². The molecule has 0 radical (unpaired) electrons. The Morgan fingerprint density at radius 3 is 2.42 bits per heavy atom. The predicted molar refractivity (Wildman–Crippen MR) is 42.9 cm³/mol. The van der Waals surface area contributed by atoms with Gasteiger partial charge in [0.15, 0.2) is 0 Å². The van der Waals surface area contributed by atoms with Crippen molar-refractivity contribution in [1.29, 1.82) is 0 Å². The molecule has 2 bridgehead atoms. The van der Waals surface area contributed by atoms with E-state index in [0.717, 1.165) is 19.3 Å². The van der Waals surface area contributed by atoms with Crippen molar-refractivity contribution in [2.24, 2.45) is 23.5 Å². The average Bonchev–Trinajstić information content (AvgIpc) is 2.64. The van der Waals surface area contributed by atoms with Gasteiger partial charge in [-0.25, -0.2) is 8.78 Å². The number of hydrogen-bond acceptors (Lipinski definition) is 1. The monoisotopic (exact) mass is 175 g/mol. The number of nitrogens with two attached hydrogens (primary N) is 1. The van der Waals surface area contributed by atoms with E-state index in [4.69, 9.17) is 5.73 Å². The minimum atomic E-state index is -2.60. The summed E-state index contributed by atoms with van der Waals surface area (Å²) in [6.45, 7) is -0.471. The summed E-state index contributed by atoms with van der Waals surface area (Å²) in [6.07, 6.45) is 3.92. The molecule has 0 aliphatic heterocycles. The topological polar surface area (TPSA) is 26.0 Å². The van der Waals surface area contributed by atoms with Crippen LogP contribution in [0.25, 0.3) is 0 Å². The third-order valence-corrected chi connectivity index (χ3v) is 3.55. The lowest BCUT2D eigenvalue weighted by Crippen LogP contribution is -2.39. The molecule has 0 spiro atoms. The van der Waals surface area contributed by atoms with Gasteiger partial charge in [-0.15, -0.1) is 0 Å². The van der Waals surface area contributed by atoms with Crippen LogP contribution in [0.15, 0.2) is 0 Å². The van der Waals surface area contributed by atoms with Crippen LogP contribution in [0.3, 0.4) is 0 Å². The van der Waals surface area contributed by atoms with Crippen LogP contribution in [0.5, 0.6) is 0 Å². The molecule has 1 nitrogen and oxygen atoms in total. The zero-order valence-electron chi connectivity index (χ0n) is 7.10. The Morgan fingerprint density at radius 1 is 1.25 bits per heavy atom. The fourth-order valence-electron chi connectivity index (χ4n) is 2.91. The molecule has 2 saturated carbocycles. The number of fused-ring (bicyclic) bond motifs is 2. The second-order valence-corrected chi connectivity index (χ2v) is 4.25. The first-order chi connectivity index (χ1) is 5.63. The Balaban J connectivity index is 2.06.